The molecule has 2 aromatic carbocycles. The number of nitrogens with zero attached hydrogens (tertiary/aromatic N) is 2. The molecular weight excluding hydrogens is 460 g/mol. The van der Waals surface area contributed by atoms with E-state index in [-0.39, 0.29) is 30.3 Å². The monoisotopic (exact) mass is 492 g/mol. The molecule has 1 unspecified atom stereocenters. The van der Waals surface area contributed by atoms with Gasteiger partial charge >= 0.3 is 0 Å². The summed E-state index contributed by atoms with van der Waals surface area (Å²) in [6.45, 7) is 5.57. The lowest BCUT2D eigenvalue weighted by Gasteiger charge is -2.37. The minimum Gasteiger partial charge on any atom is -0.493 e. The minimum atomic E-state index is -0.227. The van der Waals surface area contributed by atoms with Gasteiger partial charge in [-0.3, -0.25) is 9.59 Å². The van der Waals surface area contributed by atoms with Crippen molar-refractivity contribution in [1.82, 2.24) is 9.80 Å². The summed E-state index contributed by atoms with van der Waals surface area (Å²) < 4.78 is 11.6. The van der Waals surface area contributed by atoms with Crippen LogP contribution >= 0.6 is 11.3 Å². The van der Waals surface area contributed by atoms with Gasteiger partial charge in [0.2, 0.25) is 5.91 Å². The van der Waals surface area contributed by atoms with Crippen LogP contribution in [0.5, 0.6) is 11.5 Å². The predicted molar refractivity (Wildman–Crippen MR) is 138 cm³/mol. The third-order valence-corrected chi connectivity index (χ3v) is 7.10. The number of methoxy groups -OCH3 is 1. The van der Waals surface area contributed by atoms with Crippen molar-refractivity contribution in [3.8, 4) is 11.5 Å². The fourth-order valence-electron chi connectivity index (χ4n) is 4.46. The Morgan fingerprint density at radius 2 is 1.77 bits per heavy atom. The van der Waals surface area contributed by atoms with E-state index in [0.29, 0.717) is 36.8 Å². The maximum atomic E-state index is 13.7. The second-order valence-electron chi connectivity index (χ2n) is 9.06. The number of hydrogen-bond acceptors (Lipinski definition) is 5. The SMILES string of the molecule is COc1ccccc1OCC1c2ccsc2CCN1C(=O)CN(CC(C)C)C(=O)c1ccccc1. The standard InChI is InChI=1S/C28H32N2O4S/c1-20(2)17-29(28(32)21-9-5-4-6-10-21)18-27(31)30-15-13-26-22(14-16-35-26)23(30)19-34-25-12-8-7-11-24(25)33-3/h4-12,14,16,20,23H,13,15,17-19H2,1-3H3. The molecule has 4 rings (SSSR count). The van der Waals surface area contributed by atoms with Crippen LogP contribution < -0.4 is 9.47 Å². The summed E-state index contributed by atoms with van der Waals surface area (Å²) in [6.07, 6.45) is 0.806. The van der Waals surface area contributed by atoms with Gasteiger partial charge in [0, 0.05) is 23.5 Å². The number of fused-ring (bicyclic) bond motifs is 1. The third-order valence-electron chi connectivity index (χ3n) is 6.10. The number of carbonyl (C=O) groups excluding carboxylic acids is 2. The number of rotatable bonds is 9. The highest BCUT2D eigenvalue weighted by atomic mass is 32.1. The Labute approximate surface area is 211 Å². The molecule has 0 N–H and O–H groups in total. The van der Waals surface area contributed by atoms with E-state index in [9.17, 15) is 9.59 Å². The first-order valence-corrected chi connectivity index (χ1v) is 12.8. The van der Waals surface area contributed by atoms with E-state index in [2.05, 4.69) is 25.3 Å². The molecular formula is C28H32N2O4S. The predicted octanol–water partition coefficient (Wildman–Crippen LogP) is 5.06. The summed E-state index contributed by atoms with van der Waals surface area (Å²) in [5.41, 5.74) is 1.71. The van der Waals surface area contributed by atoms with Crippen LogP contribution in [0.3, 0.4) is 0 Å². The second-order valence-corrected chi connectivity index (χ2v) is 10.1. The molecule has 0 bridgehead atoms. The van der Waals surface area contributed by atoms with Crippen LogP contribution in [0.25, 0.3) is 0 Å². The van der Waals surface area contributed by atoms with Crippen molar-refractivity contribution in [2.45, 2.75) is 26.3 Å². The molecule has 0 fully saturated rings. The van der Waals surface area contributed by atoms with Gasteiger partial charge in [0.05, 0.1) is 13.2 Å². The van der Waals surface area contributed by atoms with Gasteiger partial charge in [-0.1, -0.05) is 44.2 Å². The van der Waals surface area contributed by atoms with Gasteiger partial charge in [-0.15, -0.1) is 11.3 Å². The number of benzene rings is 2. The summed E-state index contributed by atoms with van der Waals surface area (Å²) in [6, 6.07) is 18.5. The van der Waals surface area contributed by atoms with E-state index in [1.54, 1.807) is 35.5 Å². The average Bonchev–Trinajstić information content (AvgIpc) is 3.36. The number of amides is 2. The Bertz CT molecular complexity index is 1140. The van der Waals surface area contributed by atoms with Gasteiger partial charge in [0.15, 0.2) is 11.5 Å². The van der Waals surface area contributed by atoms with Gasteiger partial charge in [0.25, 0.3) is 5.91 Å². The number of para-hydroxylation sites is 2. The quantitative estimate of drug-likeness (QED) is 0.419. The van der Waals surface area contributed by atoms with Gasteiger partial charge in [-0.25, -0.2) is 0 Å². The van der Waals surface area contributed by atoms with Crippen molar-refractivity contribution >= 4 is 23.2 Å². The lowest BCUT2D eigenvalue weighted by molar-refractivity contribution is -0.135. The zero-order valence-corrected chi connectivity index (χ0v) is 21.3. The van der Waals surface area contributed by atoms with Crippen molar-refractivity contribution < 1.29 is 19.1 Å². The molecule has 35 heavy (non-hydrogen) atoms. The fourth-order valence-corrected chi connectivity index (χ4v) is 5.39. The molecule has 1 aromatic heterocycles. The normalized spacial score (nSPS) is 15.0. The molecule has 1 aliphatic rings. The number of thiophene rings is 1. The maximum Gasteiger partial charge on any atom is 0.254 e. The van der Waals surface area contributed by atoms with Gasteiger partial charge < -0.3 is 19.3 Å². The summed E-state index contributed by atoms with van der Waals surface area (Å²) in [5, 5.41) is 2.07. The summed E-state index contributed by atoms with van der Waals surface area (Å²) in [4.78, 5) is 31.7. The van der Waals surface area contributed by atoms with E-state index in [1.165, 1.54) is 4.88 Å². The van der Waals surface area contributed by atoms with Crippen molar-refractivity contribution in [2.24, 2.45) is 5.92 Å². The summed E-state index contributed by atoms with van der Waals surface area (Å²) in [5.74, 6) is 1.35. The largest absolute Gasteiger partial charge is 0.493 e. The van der Waals surface area contributed by atoms with Gasteiger partial charge in [-0.2, -0.15) is 0 Å². The van der Waals surface area contributed by atoms with E-state index < -0.39 is 0 Å². The summed E-state index contributed by atoms with van der Waals surface area (Å²) >= 11 is 1.71. The zero-order valence-electron chi connectivity index (χ0n) is 20.5. The van der Waals surface area contributed by atoms with E-state index in [1.807, 2.05) is 47.4 Å². The Balaban J connectivity index is 1.54. The summed E-state index contributed by atoms with van der Waals surface area (Å²) in [7, 11) is 1.61. The van der Waals surface area contributed by atoms with Crippen molar-refractivity contribution in [3.05, 3.63) is 82.0 Å². The van der Waals surface area contributed by atoms with Gasteiger partial charge in [0.1, 0.15) is 13.2 Å². The fraction of sp³-hybridized carbons (Fsp3) is 0.357. The van der Waals surface area contributed by atoms with Crippen LogP contribution in [0.4, 0.5) is 0 Å². The van der Waals surface area contributed by atoms with Crippen molar-refractivity contribution in [1.29, 1.82) is 0 Å². The molecule has 0 saturated carbocycles. The minimum absolute atomic E-state index is 0.0382. The van der Waals surface area contributed by atoms with Crippen LogP contribution in [0.2, 0.25) is 0 Å². The zero-order chi connectivity index (χ0) is 24.8. The Hall–Kier alpha value is -3.32. The van der Waals surface area contributed by atoms with Crippen LogP contribution in [0.1, 0.15) is 40.7 Å². The van der Waals surface area contributed by atoms with Crippen molar-refractivity contribution in [3.63, 3.8) is 0 Å². The van der Waals surface area contributed by atoms with Crippen LogP contribution in [0.15, 0.2) is 66.0 Å². The molecule has 0 aliphatic carbocycles. The lowest BCUT2D eigenvalue weighted by Crippen LogP contribution is -2.48. The molecule has 2 amide bonds. The molecule has 0 spiro atoms. The number of ether oxygens (including phenoxy) is 2. The molecule has 3 aromatic rings. The van der Waals surface area contributed by atoms with E-state index in [4.69, 9.17) is 9.47 Å². The molecule has 6 nitrogen and oxygen atoms in total. The molecule has 184 valence electrons. The molecule has 1 aliphatic heterocycles. The topological polar surface area (TPSA) is 59.1 Å². The number of carbonyl (C=O) groups is 2. The molecule has 2 heterocycles. The maximum absolute atomic E-state index is 13.7. The highest BCUT2D eigenvalue weighted by Crippen LogP contribution is 2.35. The first kappa shape index (κ1) is 24.8. The molecule has 7 heteroatoms. The van der Waals surface area contributed by atoms with E-state index >= 15 is 0 Å². The Morgan fingerprint density at radius 1 is 1.06 bits per heavy atom. The van der Waals surface area contributed by atoms with Crippen molar-refractivity contribution in [2.75, 3.05) is 33.4 Å². The smallest absolute Gasteiger partial charge is 0.254 e. The van der Waals surface area contributed by atoms with Crippen LogP contribution in [-0.2, 0) is 11.2 Å². The third kappa shape index (κ3) is 5.85. The Morgan fingerprint density at radius 3 is 2.49 bits per heavy atom. The first-order chi connectivity index (χ1) is 17.0. The van der Waals surface area contributed by atoms with E-state index in [0.717, 1.165) is 12.0 Å². The first-order valence-electron chi connectivity index (χ1n) is 11.9. The molecule has 0 radical (unpaired) electrons. The highest BCUT2D eigenvalue weighted by Gasteiger charge is 2.34. The highest BCUT2D eigenvalue weighted by molar-refractivity contribution is 7.10. The Kier molecular flexibility index (Phi) is 8.08. The van der Waals surface area contributed by atoms with Crippen LogP contribution in [0, 0.1) is 5.92 Å². The second kappa shape index (κ2) is 11.4. The molecule has 0 saturated heterocycles. The lowest BCUT2D eigenvalue weighted by atomic mass is 10.00. The van der Waals surface area contributed by atoms with Crippen LogP contribution in [-0.4, -0.2) is 55.0 Å². The number of hydrogen-bond donors (Lipinski definition) is 0. The average molecular weight is 493 g/mol. The van der Waals surface area contributed by atoms with Gasteiger partial charge in [-0.05, 0) is 53.6 Å². The molecule has 1 atom stereocenters.